The number of hydrogen-bond acceptors (Lipinski definition) is 9. The predicted molar refractivity (Wildman–Crippen MR) is 116 cm³/mol. The van der Waals surface area contributed by atoms with Gasteiger partial charge in [0.1, 0.15) is 24.4 Å². The summed E-state index contributed by atoms with van der Waals surface area (Å²) in [5.41, 5.74) is -1.53. The number of rotatable bonds is 2. The van der Waals surface area contributed by atoms with Crippen LogP contribution in [0, 0.1) is 34.5 Å². The SMILES string of the molecule is C/C=C(\C)C(=O)O[C@@H]1[C@H]2C(C)=CC(=O)[C@@H](O)[C@]2(C)[C@H]2C3(O)OC[C@@]24[C@@H]1OC(=O)C[C@H]4[C@@H](C)[C@H]3O. The third-order valence-corrected chi connectivity index (χ3v) is 9.56. The fourth-order valence-corrected chi connectivity index (χ4v) is 8.12. The van der Waals surface area contributed by atoms with Crippen LogP contribution in [-0.4, -0.2) is 69.9 Å². The highest BCUT2D eigenvalue weighted by Gasteiger charge is 2.84. The van der Waals surface area contributed by atoms with Crippen LogP contribution in [-0.2, 0) is 28.6 Å². The molecule has 11 atom stereocenters. The summed E-state index contributed by atoms with van der Waals surface area (Å²) < 4.78 is 17.8. The van der Waals surface area contributed by atoms with Crippen molar-refractivity contribution in [2.45, 2.75) is 71.2 Å². The number of carbonyl (C=O) groups excluding carboxylic acids is 3. The lowest BCUT2D eigenvalue weighted by Crippen LogP contribution is -2.79. The molecule has 9 heteroatoms. The molecule has 4 fully saturated rings. The lowest BCUT2D eigenvalue weighted by molar-refractivity contribution is -0.344. The van der Waals surface area contributed by atoms with Crippen molar-refractivity contribution in [2.75, 3.05) is 6.61 Å². The summed E-state index contributed by atoms with van der Waals surface area (Å²) in [7, 11) is 0. The number of aliphatic hydroxyl groups excluding tert-OH is 2. The molecule has 5 rings (SSSR count). The van der Waals surface area contributed by atoms with E-state index in [4.69, 9.17) is 14.2 Å². The molecule has 34 heavy (non-hydrogen) atoms. The number of aliphatic hydroxyl groups is 3. The van der Waals surface area contributed by atoms with Crippen LogP contribution in [0.2, 0.25) is 0 Å². The Morgan fingerprint density at radius 1 is 1.29 bits per heavy atom. The number of allylic oxidation sites excluding steroid dienone is 1. The Kier molecular flexibility index (Phi) is 5.03. The molecule has 2 heterocycles. The highest BCUT2D eigenvalue weighted by molar-refractivity contribution is 5.96. The van der Waals surface area contributed by atoms with Crippen LogP contribution >= 0.6 is 0 Å². The van der Waals surface area contributed by atoms with Crippen LogP contribution < -0.4 is 0 Å². The van der Waals surface area contributed by atoms with Crippen LogP contribution in [0.25, 0.3) is 0 Å². The second-order valence-electron chi connectivity index (χ2n) is 11.0. The Morgan fingerprint density at radius 2 is 1.97 bits per heavy atom. The molecular formula is C25H32O9. The average molecular weight is 477 g/mol. The molecule has 3 aliphatic carbocycles. The van der Waals surface area contributed by atoms with E-state index in [9.17, 15) is 29.7 Å². The second-order valence-corrected chi connectivity index (χ2v) is 11.0. The van der Waals surface area contributed by atoms with E-state index in [1.807, 2.05) is 0 Å². The van der Waals surface area contributed by atoms with Crippen molar-refractivity contribution in [1.82, 2.24) is 0 Å². The number of ether oxygens (including phenoxy) is 3. The molecule has 3 N–H and O–H groups in total. The molecule has 2 saturated heterocycles. The highest BCUT2D eigenvalue weighted by atomic mass is 16.7. The van der Waals surface area contributed by atoms with E-state index in [1.165, 1.54) is 6.08 Å². The summed E-state index contributed by atoms with van der Waals surface area (Å²) in [6.07, 6.45) is -1.99. The molecular weight excluding hydrogens is 444 g/mol. The van der Waals surface area contributed by atoms with Crippen molar-refractivity contribution in [1.29, 1.82) is 0 Å². The first kappa shape index (κ1) is 23.7. The van der Waals surface area contributed by atoms with Crippen LogP contribution in [0.4, 0.5) is 0 Å². The minimum atomic E-state index is -2.07. The van der Waals surface area contributed by atoms with Crippen molar-refractivity contribution < 1.29 is 43.9 Å². The van der Waals surface area contributed by atoms with E-state index in [2.05, 4.69) is 0 Å². The van der Waals surface area contributed by atoms with Gasteiger partial charge in [-0.3, -0.25) is 9.59 Å². The standard InChI is InChI=1S/C25H32O9/c1-6-10(2)21(30)34-17-16-11(3)7-14(26)19(29)23(16,5)22-24-9-32-25(22,31)18(28)12(4)13(24)8-15(27)33-20(17)24/h6-7,12-13,16-20,22,28-29,31H,8-9H2,1-5H3/b10-6+/t12-,13+,16-,17-,18-,19-,20-,22-,23-,24-,25?/m1/s1. The second kappa shape index (κ2) is 7.22. The monoisotopic (exact) mass is 476 g/mol. The summed E-state index contributed by atoms with van der Waals surface area (Å²) >= 11 is 0. The lowest BCUT2D eigenvalue weighted by atomic mass is 9.37. The van der Waals surface area contributed by atoms with Crippen LogP contribution in [0.1, 0.15) is 41.0 Å². The average Bonchev–Trinajstić information content (AvgIpc) is 3.08. The first-order valence-corrected chi connectivity index (χ1v) is 11.8. The first-order chi connectivity index (χ1) is 15.8. The molecule has 2 bridgehead atoms. The molecule has 1 spiro atoms. The third-order valence-electron chi connectivity index (χ3n) is 9.56. The normalized spacial score (nSPS) is 51.8. The zero-order chi connectivity index (χ0) is 25.0. The maximum atomic E-state index is 13.0. The molecule has 1 unspecified atom stereocenters. The molecule has 0 aromatic carbocycles. The van der Waals surface area contributed by atoms with Gasteiger partial charge >= 0.3 is 11.9 Å². The maximum absolute atomic E-state index is 13.0. The van der Waals surface area contributed by atoms with E-state index in [-0.39, 0.29) is 13.0 Å². The zero-order valence-electron chi connectivity index (χ0n) is 20.0. The van der Waals surface area contributed by atoms with Crippen molar-refractivity contribution in [3.63, 3.8) is 0 Å². The Morgan fingerprint density at radius 3 is 2.62 bits per heavy atom. The smallest absolute Gasteiger partial charge is 0.333 e. The number of esters is 2. The van der Waals surface area contributed by atoms with E-state index in [0.29, 0.717) is 11.1 Å². The van der Waals surface area contributed by atoms with Crippen molar-refractivity contribution in [3.05, 3.63) is 23.3 Å². The van der Waals surface area contributed by atoms with Gasteiger partial charge in [0.2, 0.25) is 0 Å². The fourth-order valence-electron chi connectivity index (χ4n) is 8.12. The molecule has 0 amide bonds. The van der Waals surface area contributed by atoms with Gasteiger partial charge in [-0.15, -0.1) is 0 Å². The van der Waals surface area contributed by atoms with Gasteiger partial charge in [-0.2, -0.15) is 0 Å². The molecule has 5 aliphatic rings. The largest absolute Gasteiger partial charge is 0.458 e. The van der Waals surface area contributed by atoms with Gasteiger partial charge in [-0.05, 0) is 38.7 Å². The van der Waals surface area contributed by atoms with Crippen LogP contribution in [0.3, 0.4) is 0 Å². The minimum Gasteiger partial charge on any atom is -0.458 e. The molecule has 0 radical (unpaired) electrons. The van der Waals surface area contributed by atoms with E-state index < -0.39 is 82.4 Å². The van der Waals surface area contributed by atoms with E-state index in [1.54, 1.807) is 40.7 Å². The third kappa shape index (κ3) is 2.56. The molecule has 2 aliphatic heterocycles. The first-order valence-electron chi connectivity index (χ1n) is 11.8. The van der Waals surface area contributed by atoms with Crippen molar-refractivity contribution >= 4 is 17.7 Å². The van der Waals surface area contributed by atoms with E-state index >= 15 is 0 Å². The number of ketones is 1. The molecule has 0 aromatic heterocycles. The maximum Gasteiger partial charge on any atom is 0.333 e. The topological polar surface area (TPSA) is 140 Å². The summed E-state index contributed by atoms with van der Waals surface area (Å²) in [5.74, 6) is -6.42. The van der Waals surface area contributed by atoms with Gasteiger partial charge in [0.25, 0.3) is 0 Å². The highest BCUT2D eigenvalue weighted by Crippen LogP contribution is 2.73. The van der Waals surface area contributed by atoms with Gasteiger partial charge in [0.05, 0.1) is 6.61 Å². The lowest BCUT2D eigenvalue weighted by Gasteiger charge is -2.68. The Labute approximate surface area is 197 Å². The molecule has 9 nitrogen and oxygen atoms in total. The summed E-state index contributed by atoms with van der Waals surface area (Å²) in [5, 5.41) is 34.3. The predicted octanol–water partition coefficient (Wildman–Crippen LogP) is 0.654. The van der Waals surface area contributed by atoms with Gasteiger partial charge in [0.15, 0.2) is 11.6 Å². The van der Waals surface area contributed by atoms with E-state index in [0.717, 1.165) is 0 Å². The van der Waals surface area contributed by atoms with Crippen LogP contribution in [0.5, 0.6) is 0 Å². The molecule has 186 valence electrons. The van der Waals surface area contributed by atoms with Crippen molar-refractivity contribution in [3.8, 4) is 0 Å². The Balaban J connectivity index is 1.79. The summed E-state index contributed by atoms with van der Waals surface area (Å²) in [6, 6.07) is 0. The Hall–Kier alpha value is -2.07. The van der Waals surface area contributed by atoms with Gasteiger partial charge in [0, 0.05) is 34.7 Å². The van der Waals surface area contributed by atoms with Gasteiger partial charge in [-0.1, -0.05) is 25.5 Å². The summed E-state index contributed by atoms with van der Waals surface area (Å²) in [4.78, 5) is 38.7. The fraction of sp³-hybridized carbons (Fsp3) is 0.720. The summed E-state index contributed by atoms with van der Waals surface area (Å²) in [6.45, 7) is 8.37. The number of fused-ring (bicyclic) bond motifs is 1. The number of hydrogen-bond donors (Lipinski definition) is 3. The molecule has 0 aromatic rings. The van der Waals surface area contributed by atoms with Crippen molar-refractivity contribution in [2.24, 2.45) is 34.5 Å². The molecule has 2 saturated carbocycles. The number of carbonyl (C=O) groups is 3. The van der Waals surface area contributed by atoms with Gasteiger partial charge in [-0.25, -0.2) is 4.79 Å². The Bertz CT molecular complexity index is 1030. The quantitative estimate of drug-likeness (QED) is 0.387. The van der Waals surface area contributed by atoms with Gasteiger partial charge < -0.3 is 29.5 Å². The minimum absolute atomic E-state index is 0.0150. The zero-order valence-corrected chi connectivity index (χ0v) is 20.0. The van der Waals surface area contributed by atoms with Crippen LogP contribution in [0.15, 0.2) is 23.3 Å².